The van der Waals surface area contributed by atoms with Crippen LogP contribution in [0.3, 0.4) is 0 Å². The van der Waals surface area contributed by atoms with Gasteiger partial charge < -0.3 is 19.6 Å². The van der Waals surface area contributed by atoms with Gasteiger partial charge in [0.15, 0.2) is 5.82 Å². The second kappa shape index (κ2) is 7.33. The highest BCUT2D eigenvalue weighted by atomic mass is 16.5. The third-order valence-corrected chi connectivity index (χ3v) is 4.48. The van der Waals surface area contributed by atoms with Crippen LogP contribution in [0.2, 0.25) is 0 Å². The maximum Gasteiger partial charge on any atom is 0.228 e. The Bertz CT molecular complexity index is 433. The van der Waals surface area contributed by atoms with Crippen LogP contribution in [0, 0.1) is 5.92 Å². The standard InChI is InChI=1S/C15H29N5O/c1-11(2)13(16-3)9-15-17-14(18-21-15)8-12-10-19(4)6-7-20(12)5/h11-13,16H,6-10H2,1-5H3. The maximum atomic E-state index is 5.42. The first-order chi connectivity index (χ1) is 9.99. The third-order valence-electron chi connectivity index (χ3n) is 4.48. The summed E-state index contributed by atoms with van der Waals surface area (Å²) in [5.41, 5.74) is 0. The van der Waals surface area contributed by atoms with Gasteiger partial charge in [-0.3, -0.25) is 0 Å². The van der Waals surface area contributed by atoms with Gasteiger partial charge in [0.05, 0.1) is 0 Å². The average Bonchev–Trinajstić information content (AvgIpc) is 2.87. The van der Waals surface area contributed by atoms with Crippen molar-refractivity contribution in [2.24, 2.45) is 5.92 Å². The van der Waals surface area contributed by atoms with Gasteiger partial charge in [-0.25, -0.2) is 0 Å². The van der Waals surface area contributed by atoms with E-state index in [0.717, 1.165) is 44.2 Å². The lowest BCUT2D eigenvalue weighted by Gasteiger charge is -2.37. The number of hydrogen-bond donors (Lipinski definition) is 1. The van der Waals surface area contributed by atoms with Crippen LogP contribution in [0.4, 0.5) is 0 Å². The van der Waals surface area contributed by atoms with Crippen LogP contribution in [0.15, 0.2) is 4.52 Å². The molecule has 0 saturated carbocycles. The summed E-state index contributed by atoms with van der Waals surface area (Å²) in [4.78, 5) is 9.32. The summed E-state index contributed by atoms with van der Waals surface area (Å²) >= 11 is 0. The Balaban J connectivity index is 1.93. The summed E-state index contributed by atoms with van der Waals surface area (Å²) in [6, 6.07) is 0.848. The van der Waals surface area contributed by atoms with Crippen molar-refractivity contribution in [2.75, 3.05) is 40.8 Å². The molecule has 1 N–H and O–H groups in total. The lowest BCUT2D eigenvalue weighted by molar-refractivity contribution is 0.113. The van der Waals surface area contributed by atoms with Gasteiger partial charge >= 0.3 is 0 Å². The van der Waals surface area contributed by atoms with Crippen molar-refractivity contribution in [2.45, 2.75) is 38.8 Å². The number of nitrogens with zero attached hydrogens (tertiary/aromatic N) is 4. The van der Waals surface area contributed by atoms with Crippen molar-refractivity contribution in [3.63, 3.8) is 0 Å². The van der Waals surface area contributed by atoms with Gasteiger partial charge in [0.2, 0.25) is 5.89 Å². The van der Waals surface area contributed by atoms with E-state index >= 15 is 0 Å². The van der Waals surface area contributed by atoms with Crippen LogP contribution < -0.4 is 5.32 Å². The Morgan fingerprint density at radius 3 is 2.76 bits per heavy atom. The molecule has 0 spiro atoms. The van der Waals surface area contributed by atoms with E-state index in [2.05, 4.69) is 53.2 Å². The molecule has 2 atom stereocenters. The molecule has 120 valence electrons. The Morgan fingerprint density at radius 1 is 1.33 bits per heavy atom. The zero-order chi connectivity index (χ0) is 15.4. The van der Waals surface area contributed by atoms with E-state index in [-0.39, 0.29) is 0 Å². The molecule has 2 rings (SSSR count). The van der Waals surface area contributed by atoms with Gasteiger partial charge in [0, 0.05) is 44.6 Å². The molecule has 1 aromatic heterocycles. The fourth-order valence-electron chi connectivity index (χ4n) is 2.85. The predicted molar refractivity (Wildman–Crippen MR) is 83.3 cm³/mol. The third kappa shape index (κ3) is 4.49. The van der Waals surface area contributed by atoms with E-state index in [1.54, 1.807) is 0 Å². The van der Waals surface area contributed by atoms with E-state index in [1.165, 1.54) is 0 Å². The molecule has 6 heteroatoms. The average molecular weight is 295 g/mol. The lowest BCUT2D eigenvalue weighted by Crippen LogP contribution is -2.50. The molecule has 2 heterocycles. The highest BCUT2D eigenvalue weighted by Gasteiger charge is 2.24. The molecule has 1 aromatic rings. The van der Waals surface area contributed by atoms with Crippen LogP contribution in [0.1, 0.15) is 25.6 Å². The molecule has 0 radical (unpaired) electrons. The minimum Gasteiger partial charge on any atom is -0.339 e. The van der Waals surface area contributed by atoms with Gasteiger partial charge in [0.1, 0.15) is 0 Å². The van der Waals surface area contributed by atoms with E-state index in [0.29, 0.717) is 18.0 Å². The fourth-order valence-corrected chi connectivity index (χ4v) is 2.85. The van der Waals surface area contributed by atoms with Crippen LogP contribution in [0.5, 0.6) is 0 Å². The SMILES string of the molecule is CNC(Cc1nc(CC2CN(C)CCN2C)no1)C(C)C. The zero-order valence-corrected chi connectivity index (χ0v) is 14.0. The zero-order valence-electron chi connectivity index (χ0n) is 14.0. The number of aromatic nitrogens is 2. The molecule has 6 nitrogen and oxygen atoms in total. The van der Waals surface area contributed by atoms with Gasteiger partial charge in [-0.15, -0.1) is 0 Å². The second-order valence-electron chi connectivity index (χ2n) is 6.55. The Hall–Kier alpha value is -0.980. The molecule has 2 unspecified atom stereocenters. The van der Waals surface area contributed by atoms with E-state index in [1.807, 2.05) is 7.05 Å². The summed E-state index contributed by atoms with van der Waals surface area (Å²) in [6.45, 7) is 7.69. The predicted octanol–water partition coefficient (Wildman–Crippen LogP) is 0.644. The summed E-state index contributed by atoms with van der Waals surface area (Å²) in [6.07, 6.45) is 1.65. The highest BCUT2D eigenvalue weighted by molar-refractivity contribution is 4.94. The number of piperazine rings is 1. The summed E-state index contributed by atoms with van der Waals surface area (Å²) in [7, 11) is 6.32. The van der Waals surface area contributed by atoms with Crippen LogP contribution in [0.25, 0.3) is 0 Å². The van der Waals surface area contributed by atoms with E-state index in [4.69, 9.17) is 4.52 Å². The normalized spacial score (nSPS) is 22.9. The molecule has 0 amide bonds. The van der Waals surface area contributed by atoms with Gasteiger partial charge in [-0.05, 0) is 27.1 Å². The van der Waals surface area contributed by atoms with Gasteiger partial charge in [-0.2, -0.15) is 4.98 Å². The summed E-state index contributed by atoms with van der Waals surface area (Å²) < 4.78 is 5.42. The van der Waals surface area contributed by atoms with Crippen molar-refractivity contribution < 1.29 is 4.52 Å². The van der Waals surface area contributed by atoms with Gasteiger partial charge in [-0.1, -0.05) is 19.0 Å². The highest BCUT2D eigenvalue weighted by Crippen LogP contribution is 2.13. The maximum absolute atomic E-state index is 5.42. The molecule has 1 fully saturated rings. The minimum absolute atomic E-state index is 0.377. The van der Waals surface area contributed by atoms with Gasteiger partial charge in [0.25, 0.3) is 0 Å². The molecule has 0 aliphatic carbocycles. The monoisotopic (exact) mass is 295 g/mol. The summed E-state index contributed by atoms with van der Waals surface area (Å²) in [5, 5.41) is 7.47. The molecule has 0 aromatic carbocycles. The second-order valence-corrected chi connectivity index (χ2v) is 6.55. The molecular weight excluding hydrogens is 266 g/mol. The number of likely N-dealkylation sites (N-methyl/N-ethyl adjacent to an activating group) is 3. The van der Waals surface area contributed by atoms with E-state index in [9.17, 15) is 0 Å². The first kappa shape index (κ1) is 16.4. The summed E-state index contributed by atoms with van der Waals surface area (Å²) in [5.74, 6) is 2.11. The fraction of sp³-hybridized carbons (Fsp3) is 0.867. The largest absolute Gasteiger partial charge is 0.339 e. The van der Waals surface area contributed by atoms with Crippen molar-refractivity contribution in [3.05, 3.63) is 11.7 Å². The topological polar surface area (TPSA) is 57.4 Å². The number of hydrogen-bond acceptors (Lipinski definition) is 6. The lowest BCUT2D eigenvalue weighted by atomic mass is 10.0. The first-order valence-corrected chi connectivity index (χ1v) is 7.87. The minimum atomic E-state index is 0.377. The quantitative estimate of drug-likeness (QED) is 0.831. The van der Waals surface area contributed by atoms with Crippen LogP contribution in [-0.2, 0) is 12.8 Å². The van der Waals surface area contributed by atoms with Crippen molar-refractivity contribution >= 4 is 0 Å². The number of nitrogens with one attached hydrogen (secondary N) is 1. The van der Waals surface area contributed by atoms with Crippen LogP contribution >= 0.6 is 0 Å². The molecule has 21 heavy (non-hydrogen) atoms. The molecular formula is C15H29N5O. The van der Waals surface area contributed by atoms with E-state index < -0.39 is 0 Å². The van der Waals surface area contributed by atoms with Crippen molar-refractivity contribution in [1.82, 2.24) is 25.3 Å². The van der Waals surface area contributed by atoms with Crippen molar-refractivity contribution in [1.29, 1.82) is 0 Å². The first-order valence-electron chi connectivity index (χ1n) is 7.87. The molecule has 1 saturated heterocycles. The Kier molecular flexibility index (Phi) is 5.72. The Labute approximate surface area is 127 Å². The van der Waals surface area contributed by atoms with Crippen LogP contribution in [-0.4, -0.2) is 72.8 Å². The molecule has 0 bridgehead atoms. The smallest absolute Gasteiger partial charge is 0.228 e. The molecule has 1 aliphatic heterocycles. The number of rotatable bonds is 6. The molecule has 1 aliphatic rings. The Morgan fingerprint density at radius 2 is 2.10 bits per heavy atom. The van der Waals surface area contributed by atoms with Crippen molar-refractivity contribution in [3.8, 4) is 0 Å².